The lowest BCUT2D eigenvalue weighted by atomic mass is 10.0. The highest BCUT2D eigenvalue weighted by Gasteiger charge is 2.09. The lowest BCUT2D eigenvalue weighted by Gasteiger charge is -2.03. The summed E-state index contributed by atoms with van der Waals surface area (Å²) < 4.78 is 0. The molecule has 18 heavy (non-hydrogen) atoms. The molecule has 2 aromatic carbocycles. The third-order valence-electron chi connectivity index (χ3n) is 2.52. The van der Waals surface area contributed by atoms with Crippen molar-refractivity contribution in [3.8, 4) is 5.75 Å². The Kier molecular flexibility index (Phi) is 3.44. The number of aliphatic carboxylic acids is 1. The molecule has 0 aliphatic heterocycles. The van der Waals surface area contributed by atoms with Gasteiger partial charge in [-0.05, 0) is 29.3 Å². The fourth-order valence-electron chi connectivity index (χ4n) is 1.62. The average Bonchev–Trinajstić information content (AvgIpc) is 2.38. The molecule has 0 spiro atoms. The van der Waals surface area contributed by atoms with Crippen LogP contribution in [0, 0.1) is 0 Å². The highest BCUT2D eigenvalue weighted by molar-refractivity contribution is 6.20. The summed E-state index contributed by atoms with van der Waals surface area (Å²) in [6, 6.07) is 15.3. The molecule has 2 rings (SSSR count). The fourth-order valence-corrected chi connectivity index (χ4v) is 1.62. The average molecular weight is 240 g/mol. The van der Waals surface area contributed by atoms with Gasteiger partial charge in [0.25, 0.3) is 0 Å². The molecule has 3 heteroatoms. The van der Waals surface area contributed by atoms with Crippen LogP contribution in [0.5, 0.6) is 5.75 Å². The van der Waals surface area contributed by atoms with Crippen molar-refractivity contribution in [3.63, 3.8) is 0 Å². The Labute approximate surface area is 105 Å². The van der Waals surface area contributed by atoms with Crippen molar-refractivity contribution in [2.45, 2.75) is 0 Å². The molecule has 0 saturated heterocycles. The van der Waals surface area contributed by atoms with Gasteiger partial charge < -0.3 is 10.2 Å². The number of hydrogen-bond donors (Lipinski definition) is 2. The molecule has 0 atom stereocenters. The zero-order valence-electron chi connectivity index (χ0n) is 9.58. The van der Waals surface area contributed by atoms with Crippen molar-refractivity contribution in [1.82, 2.24) is 0 Å². The Balaban J connectivity index is 2.43. The molecule has 0 aliphatic carbocycles. The number of carboxylic acids is 1. The SMILES string of the molecule is O=C(O)/C(=C\c1ccc(O)cc1)c1ccccc1. The molecule has 2 aromatic rings. The quantitative estimate of drug-likeness (QED) is 0.640. The van der Waals surface area contributed by atoms with Crippen LogP contribution in [-0.2, 0) is 4.79 Å². The standard InChI is InChI=1S/C15H12O3/c16-13-8-6-11(7-9-13)10-14(15(17)18)12-4-2-1-3-5-12/h1-10,16H,(H,17,18)/b14-10-. The highest BCUT2D eigenvalue weighted by atomic mass is 16.4. The summed E-state index contributed by atoms with van der Waals surface area (Å²) in [7, 11) is 0. The Morgan fingerprint density at radius 2 is 1.56 bits per heavy atom. The number of carbonyl (C=O) groups is 1. The molecule has 2 N–H and O–H groups in total. The first-order valence-electron chi connectivity index (χ1n) is 5.46. The van der Waals surface area contributed by atoms with Crippen LogP contribution in [0.15, 0.2) is 54.6 Å². The van der Waals surface area contributed by atoms with Crippen LogP contribution < -0.4 is 0 Å². The van der Waals surface area contributed by atoms with Crippen LogP contribution in [0.25, 0.3) is 11.6 Å². The van der Waals surface area contributed by atoms with Gasteiger partial charge in [-0.2, -0.15) is 0 Å². The second-order valence-electron chi connectivity index (χ2n) is 3.82. The number of phenols is 1. The molecule has 0 aromatic heterocycles. The Bertz CT molecular complexity index is 568. The largest absolute Gasteiger partial charge is 0.508 e. The van der Waals surface area contributed by atoms with Crippen LogP contribution >= 0.6 is 0 Å². The number of rotatable bonds is 3. The van der Waals surface area contributed by atoms with E-state index in [1.165, 1.54) is 12.1 Å². The first-order chi connectivity index (χ1) is 8.66. The van der Waals surface area contributed by atoms with Crippen LogP contribution in [0.1, 0.15) is 11.1 Å². The van der Waals surface area contributed by atoms with Crippen LogP contribution in [0.2, 0.25) is 0 Å². The van der Waals surface area contributed by atoms with Gasteiger partial charge in [-0.1, -0.05) is 42.5 Å². The summed E-state index contributed by atoms with van der Waals surface area (Å²) >= 11 is 0. The lowest BCUT2D eigenvalue weighted by Crippen LogP contribution is -1.99. The topological polar surface area (TPSA) is 57.5 Å². The summed E-state index contributed by atoms with van der Waals surface area (Å²) in [5.74, 6) is -0.821. The molecule has 90 valence electrons. The monoisotopic (exact) mass is 240 g/mol. The van der Waals surface area contributed by atoms with E-state index in [0.29, 0.717) is 5.56 Å². The number of hydrogen-bond acceptors (Lipinski definition) is 2. The van der Waals surface area contributed by atoms with E-state index in [9.17, 15) is 15.0 Å². The second-order valence-corrected chi connectivity index (χ2v) is 3.82. The van der Waals surface area contributed by atoms with Crippen LogP contribution in [0.3, 0.4) is 0 Å². The molecule has 0 bridgehead atoms. The lowest BCUT2D eigenvalue weighted by molar-refractivity contribution is -0.130. The van der Waals surface area contributed by atoms with Crippen molar-refractivity contribution < 1.29 is 15.0 Å². The molecule has 0 radical (unpaired) electrons. The van der Waals surface area contributed by atoms with Gasteiger partial charge in [0.2, 0.25) is 0 Å². The van der Waals surface area contributed by atoms with Gasteiger partial charge in [-0.15, -0.1) is 0 Å². The minimum absolute atomic E-state index is 0.156. The van der Waals surface area contributed by atoms with E-state index in [1.54, 1.807) is 42.5 Å². The number of carboxylic acid groups (broad SMARTS) is 1. The van der Waals surface area contributed by atoms with E-state index in [4.69, 9.17) is 0 Å². The number of benzene rings is 2. The van der Waals surface area contributed by atoms with E-state index >= 15 is 0 Å². The normalized spacial score (nSPS) is 11.2. The smallest absolute Gasteiger partial charge is 0.336 e. The molecule has 0 unspecified atom stereocenters. The number of phenolic OH excluding ortho intramolecular Hbond substituents is 1. The van der Waals surface area contributed by atoms with Crippen molar-refractivity contribution in [1.29, 1.82) is 0 Å². The van der Waals surface area contributed by atoms with Crippen molar-refractivity contribution in [3.05, 3.63) is 65.7 Å². The summed E-state index contributed by atoms with van der Waals surface area (Å²) in [5.41, 5.74) is 1.61. The fraction of sp³-hybridized carbons (Fsp3) is 0. The van der Waals surface area contributed by atoms with Gasteiger partial charge in [0.05, 0.1) is 5.57 Å². The van der Waals surface area contributed by atoms with E-state index in [-0.39, 0.29) is 11.3 Å². The first kappa shape index (κ1) is 11.9. The zero-order chi connectivity index (χ0) is 13.0. The molecule has 0 amide bonds. The molecular weight excluding hydrogens is 228 g/mol. The molecular formula is C15H12O3. The van der Waals surface area contributed by atoms with E-state index in [1.807, 2.05) is 6.07 Å². The van der Waals surface area contributed by atoms with Gasteiger partial charge in [0, 0.05) is 0 Å². The van der Waals surface area contributed by atoms with Gasteiger partial charge in [0.1, 0.15) is 5.75 Å². The molecule has 0 aliphatic rings. The van der Waals surface area contributed by atoms with Gasteiger partial charge >= 0.3 is 5.97 Å². The summed E-state index contributed by atoms with van der Waals surface area (Å²) in [5, 5.41) is 18.4. The third-order valence-corrected chi connectivity index (χ3v) is 2.52. The molecule has 3 nitrogen and oxygen atoms in total. The van der Waals surface area contributed by atoms with Crippen LogP contribution in [-0.4, -0.2) is 16.2 Å². The van der Waals surface area contributed by atoms with Gasteiger partial charge in [-0.25, -0.2) is 4.79 Å². The van der Waals surface area contributed by atoms with Crippen molar-refractivity contribution in [2.75, 3.05) is 0 Å². The third kappa shape index (κ3) is 2.77. The summed E-state index contributed by atoms with van der Waals surface area (Å²) in [6.07, 6.45) is 1.58. The minimum atomic E-state index is -0.978. The van der Waals surface area contributed by atoms with Gasteiger partial charge in [0.15, 0.2) is 0 Å². The maximum Gasteiger partial charge on any atom is 0.336 e. The van der Waals surface area contributed by atoms with Crippen molar-refractivity contribution >= 4 is 17.6 Å². The molecule has 0 heterocycles. The van der Waals surface area contributed by atoms with Crippen LogP contribution in [0.4, 0.5) is 0 Å². The first-order valence-corrected chi connectivity index (χ1v) is 5.46. The Hall–Kier alpha value is -2.55. The van der Waals surface area contributed by atoms with E-state index in [0.717, 1.165) is 5.56 Å². The Morgan fingerprint density at radius 1 is 0.944 bits per heavy atom. The summed E-state index contributed by atoms with van der Waals surface area (Å²) in [6.45, 7) is 0. The zero-order valence-corrected chi connectivity index (χ0v) is 9.58. The maximum atomic E-state index is 11.3. The van der Waals surface area contributed by atoms with Crippen molar-refractivity contribution in [2.24, 2.45) is 0 Å². The predicted molar refractivity (Wildman–Crippen MR) is 70.1 cm³/mol. The van der Waals surface area contributed by atoms with E-state index in [2.05, 4.69) is 0 Å². The summed E-state index contributed by atoms with van der Waals surface area (Å²) in [4.78, 5) is 11.3. The van der Waals surface area contributed by atoms with Gasteiger partial charge in [-0.3, -0.25) is 0 Å². The predicted octanol–water partition coefficient (Wildman–Crippen LogP) is 3.02. The minimum Gasteiger partial charge on any atom is -0.508 e. The molecule has 0 fully saturated rings. The number of aromatic hydroxyl groups is 1. The maximum absolute atomic E-state index is 11.3. The molecule has 0 saturated carbocycles. The Morgan fingerprint density at radius 3 is 2.11 bits per heavy atom. The second kappa shape index (κ2) is 5.19. The van der Waals surface area contributed by atoms with E-state index < -0.39 is 5.97 Å². The highest BCUT2D eigenvalue weighted by Crippen LogP contribution is 2.19.